The van der Waals surface area contributed by atoms with Crippen LogP contribution < -0.4 is 16.2 Å². The van der Waals surface area contributed by atoms with Gasteiger partial charge in [-0.3, -0.25) is 0 Å². The highest BCUT2D eigenvalue weighted by Gasteiger charge is 2.19. The van der Waals surface area contributed by atoms with Gasteiger partial charge in [0.2, 0.25) is 10.0 Å². The van der Waals surface area contributed by atoms with Gasteiger partial charge in [0.25, 0.3) is 0 Å². The fourth-order valence-electron chi connectivity index (χ4n) is 4.57. The van der Waals surface area contributed by atoms with Crippen molar-refractivity contribution in [2.45, 2.75) is 62.9 Å². The molecule has 0 aliphatic heterocycles. The van der Waals surface area contributed by atoms with E-state index in [1.807, 2.05) is 24.3 Å². The molecule has 7 nitrogen and oxygen atoms in total. The van der Waals surface area contributed by atoms with Gasteiger partial charge >= 0.3 is 5.76 Å². The molecule has 2 aromatic carbocycles. The van der Waals surface area contributed by atoms with Crippen molar-refractivity contribution in [3.8, 4) is 5.69 Å². The summed E-state index contributed by atoms with van der Waals surface area (Å²) in [6.45, 7) is 2.84. The summed E-state index contributed by atoms with van der Waals surface area (Å²) < 4.78 is 30.1. The Kier molecular flexibility index (Phi) is 6.31. The second kappa shape index (κ2) is 8.98. The molecule has 1 fully saturated rings. The minimum atomic E-state index is -3.88. The van der Waals surface area contributed by atoms with Gasteiger partial charge in [-0.2, -0.15) is 0 Å². The summed E-state index contributed by atoms with van der Waals surface area (Å²) in [5, 5.41) is 8.80. The number of hydrogen-bond donors (Lipinski definition) is 2. The number of oxazole rings is 1. The first-order chi connectivity index (χ1) is 14.8. The molecule has 3 aromatic rings. The lowest BCUT2D eigenvalue weighted by Gasteiger charge is -2.25. The van der Waals surface area contributed by atoms with E-state index in [2.05, 4.69) is 12.2 Å². The standard InChI is InChI=1S/C23H29N3O4S/c1-16(13-17-7-3-2-4-8-17)25-15-18-9-5-6-10-20(18)26-21-12-11-19(31(24,28)29)14-22(21)30-23(26)27/h5-6,9-12,14,16-17,25H,2-4,7-8,13,15H2,1H3,(H2,24,28,29). The first-order valence-electron chi connectivity index (χ1n) is 10.8. The Hall–Kier alpha value is -2.42. The SMILES string of the molecule is CC(CC1CCCCC1)NCc1ccccc1-n1c(=O)oc2cc(S(N)(=O)=O)ccc21. The molecule has 166 valence electrons. The molecule has 0 amide bonds. The first kappa shape index (κ1) is 21.8. The third-order valence-electron chi connectivity index (χ3n) is 6.17. The molecule has 0 spiro atoms. The predicted octanol–water partition coefficient (Wildman–Crippen LogP) is 3.68. The van der Waals surface area contributed by atoms with Gasteiger partial charge in [0.05, 0.1) is 16.1 Å². The Morgan fingerprint density at radius 2 is 1.90 bits per heavy atom. The second-order valence-corrected chi connectivity index (χ2v) is 10.1. The Morgan fingerprint density at radius 3 is 2.65 bits per heavy atom. The zero-order chi connectivity index (χ0) is 22.0. The summed E-state index contributed by atoms with van der Waals surface area (Å²) in [5.41, 5.74) is 2.37. The molecule has 0 bridgehead atoms. The highest BCUT2D eigenvalue weighted by atomic mass is 32.2. The minimum Gasteiger partial charge on any atom is -0.407 e. The van der Waals surface area contributed by atoms with E-state index in [1.54, 1.807) is 6.07 Å². The van der Waals surface area contributed by atoms with Gasteiger partial charge < -0.3 is 9.73 Å². The molecule has 4 rings (SSSR count). The molecule has 1 aromatic heterocycles. The fourth-order valence-corrected chi connectivity index (χ4v) is 5.10. The van der Waals surface area contributed by atoms with E-state index in [-0.39, 0.29) is 10.5 Å². The Balaban J connectivity index is 1.59. The van der Waals surface area contributed by atoms with Gasteiger partial charge in [-0.25, -0.2) is 22.9 Å². The topological polar surface area (TPSA) is 107 Å². The number of nitrogens with zero attached hydrogens (tertiary/aromatic N) is 1. The number of rotatable bonds is 7. The maximum absolute atomic E-state index is 12.6. The van der Waals surface area contributed by atoms with Gasteiger partial charge in [-0.15, -0.1) is 0 Å². The van der Waals surface area contributed by atoms with E-state index < -0.39 is 15.8 Å². The number of benzene rings is 2. The zero-order valence-corrected chi connectivity index (χ0v) is 18.5. The third kappa shape index (κ3) is 4.92. The summed E-state index contributed by atoms with van der Waals surface area (Å²) in [6.07, 6.45) is 7.83. The summed E-state index contributed by atoms with van der Waals surface area (Å²) >= 11 is 0. The molecule has 0 radical (unpaired) electrons. The number of para-hydroxylation sites is 1. The lowest BCUT2D eigenvalue weighted by atomic mass is 9.85. The smallest absolute Gasteiger partial charge is 0.407 e. The summed E-state index contributed by atoms with van der Waals surface area (Å²) in [4.78, 5) is 12.6. The monoisotopic (exact) mass is 443 g/mol. The number of nitrogens with one attached hydrogen (secondary N) is 1. The molecule has 8 heteroatoms. The van der Waals surface area contributed by atoms with Crippen LogP contribution in [-0.4, -0.2) is 19.0 Å². The Labute approximate surface area is 182 Å². The first-order valence-corrected chi connectivity index (χ1v) is 12.4. The molecule has 3 N–H and O–H groups in total. The average molecular weight is 444 g/mol. The van der Waals surface area contributed by atoms with Crippen LogP contribution in [-0.2, 0) is 16.6 Å². The molecule has 31 heavy (non-hydrogen) atoms. The van der Waals surface area contributed by atoms with Crippen molar-refractivity contribution in [2.24, 2.45) is 11.1 Å². The summed E-state index contributed by atoms with van der Waals surface area (Å²) in [6, 6.07) is 12.3. The van der Waals surface area contributed by atoms with Crippen LogP contribution in [0.3, 0.4) is 0 Å². The number of sulfonamides is 1. The number of hydrogen-bond acceptors (Lipinski definition) is 5. The van der Waals surface area contributed by atoms with Crippen LogP contribution >= 0.6 is 0 Å². The molecular formula is C23H29N3O4S. The molecule has 1 aliphatic rings. The van der Waals surface area contributed by atoms with Crippen LogP contribution in [0.5, 0.6) is 0 Å². The fraction of sp³-hybridized carbons (Fsp3) is 0.435. The maximum Gasteiger partial charge on any atom is 0.424 e. The Bertz CT molecular complexity index is 1220. The van der Waals surface area contributed by atoms with Gasteiger partial charge in [0.15, 0.2) is 5.58 Å². The highest BCUT2D eigenvalue weighted by Crippen LogP contribution is 2.27. The molecule has 1 aliphatic carbocycles. The van der Waals surface area contributed by atoms with Gasteiger partial charge in [-0.1, -0.05) is 50.3 Å². The van der Waals surface area contributed by atoms with Crippen molar-refractivity contribution in [2.75, 3.05) is 0 Å². The van der Waals surface area contributed by atoms with Crippen molar-refractivity contribution in [1.82, 2.24) is 9.88 Å². The van der Waals surface area contributed by atoms with Gasteiger partial charge in [-0.05, 0) is 43.0 Å². The van der Waals surface area contributed by atoms with Crippen LogP contribution in [0.4, 0.5) is 0 Å². The van der Waals surface area contributed by atoms with Crippen molar-refractivity contribution in [3.63, 3.8) is 0 Å². The third-order valence-corrected chi connectivity index (χ3v) is 7.08. The van der Waals surface area contributed by atoms with Crippen molar-refractivity contribution in [3.05, 3.63) is 58.6 Å². The molecule has 1 atom stereocenters. The summed E-state index contributed by atoms with van der Waals surface area (Å²) in [5.74, 6) is 0.226. The minimum absolute atomic E-state index is 0.0904. The predicted molar refractivity (Wildman–Crippen MR) is 121 cm³/mol. The van der Waals surface area contributed by atoms with E-state index >= 15 is 0 Å². The summed E-state index contributed by atoms with van der Waals surface area (Å²) in [7, 11) is -3.88. The quantitative estimate of drug-likeness (QED) is 0.579. The second-order valence-electron chi connectivity index (χ2n) is 8.53. The number of fused-ring (bicyclic) bond motifs is 1. The zero-order valence-electron chi connectivity index (χ0n) is 17.7. The van der Waals surface area contributed by atoms with Crippen molar-refractivity contribution >= 4 is 21.1 Å². The average Bonchev–Trinajstić information content (AvgIpc) is 3.07. The molecule has 1 heterocycles. The molecule has 0 saturated heterocycles. The number of primary sulfonamides is 1. The number of aromatic nitrogens is 1. The van der Waals surface area contributed by atoms with Crippen LogP contribution in [0.1, 0.15) is 51.0 Å². The van der Waals surface area contributed by atoms with E-state index in [4.69, 9.17) is 9.56 Å². The largest absolute Gasteiger partial charge is 0.424 e. The van der Waals surface area contributed by atoms with Crippen LogP contribution in [0.2, 0.25) is 0 Å². The van der Waals surface area contributed by atoms with Crippen molar-refractivity contribution in [1.29, 1.82) is 0 Å². The maximum atomic E-state index is 12.6. The Morgan fingerprint density at radius 1 is 1.16 bits per heavy atom. The van der Waals surface area contributed by atoms with Crippen molar-refractivity contribution < 1.29 is 12.8 Å². The molecule has 1 unspecified atom stereocenters. The highest BCUT2D eigenvalue weighted by molar-refractivity contribution is 7.89. The van der Waals surface area contributed by atoms with Gasteiger partial charge in [0, 0.05) is 18.7 Å². The lowest BCUT2D eigenvalue weighted by molar-refractivity contribution is 0.304. The van der Waals surface area contributed by atoms with Gasteiger partial charge in [0.1, 0.15) is 0 Å². The van der Waals surface area contributed by atoms with E-state index in [9.17, 15) is 13.2 Å². The van der Waals surface area contributed by atoms with Crippen LogP contribution in [0.15, 0.2) is 56.6 Å². The normalized spacial score (nSPS) is 16.6. The van der Waals surface area contributed by atoms with E-state index in [0.717, 1.165) is 17.9 Å². The molecule has 1 saturated carbocycles. The van der Waals surface area contributed by atoms with E-state index in [0.29, 0.717) is 23.8 Å². The number of nitrogens with two attached hydrogens (primary N) is 1. The van der Waals surface area contributed by atoms with Crippen LogP contribution in [0, 0.1) is 5.92 Å². The van der Waals surface area contributed by atoms with Crippen LogP contribution in [0.25, 0.3) is 16.8 Å². The van der Waals surface area contributed by atoms with E-state index in [1.165, 1.54) is 48.8 Å². The molecular weight excluding hydrogens is 414 g/mol. The lowest BCUT2D eigenvalue weighted by Crippen LogP contribution is -2.29.